The zero-order valence-electron chi connectivity index (χ0n) is 29.6. The van der Waals surface area contributed by atoms with Crippen molar-refractivity contribution in [2.75, 3.05) is 33.2 Å². The van der Waals surface area contributed by atoms with E-state index in [0.717, 1.165) is 11.1 Å². The highest BCUT2D eigenvalue weighted by molar-refractivity contribution is 7.91. The van der Waals surface area contributed by atoms with Gasteiger partial charge in [-0.05, 0) is 59.2 Å². The van der Waals surface area contributed by atoms with Gasteiger partial charge in [0.15, 0.2) is 33.0 Å². The Hall–Kier alpha value is -5.65. The molecule has 0 spiro atoms. The van der Waals surface area contributed by atoms with Crippen molar-refractivity contribution >= 4 is 21.6 Å². The van der Waals surface area contributed by atoms with Crippen LogP contribution in [0.1, 0.15) is 35.6 Å². The molecule has 0 aromatic heterocycles. The topological polar surface area (TPSA) is 133 Å². The Morgan fingerprint density at radius 3 is 2.13 bits per heavy atom. The third kappa shape index (κ3) is 8.37. The normalized spacial score (nSPS) is 16.7. The first kappa shape index (κ1) is 37.1. The van der Waals surface area contributed by atoms with Crippen molar-refractivity contribution in [2.24, 2.45) is 4.99 Å². The lowest BCUT2D eigenvalue weighted by molar-refractivity contribution is -0.129. The Morgan fingerprint density at radius 1 is 0.811 bits per heavy atom. The van der Waals surface area contributed by atoms with E-state index in [9.17, 15) is 13.2 Å². The number of para-hydroxylation sites is 1. The molecular formula is C42H42N2O8S. The number of amides is 1. The Bertz CT molecular complexity index is 2120. The molecule has 1 aliphatic rings. The van der Waals surface area contributed by atoms with Gasteiger partial charge in [0.1, 0.15) is 5.75 Å². The summed E-state index contributed by atoms with van der Waals surface area (Å²) in [5.74, 6) is 0.879. The van der Waals surface area contributed by atoms with Crippen LogP contribution < -0.4 is 19.5 Å². The molecule has 6 rings (SSSR count). The molecule has 0 radical (unpaired) electrons. The fourth-order valence-corrected chi connectivity index (χ4v) is 7.70. The second kappa shape index (κ2) is 16.8. The van der Waals surface area contributed by atoms with Crippen molar-refractivity contribution in [3.8, 4) is 28.4 Å². The Kier molecular flexibility index (Phi) is 11.8. The number of carbonyl (C=O) groups excluding carboxylic acids is 1. The fraction of sp³-hybridized carbons (Fsp3) is 0.238. The molecule has 0 aliphatic carbocycles. The quantitative estimate of drug-likeness (QED) is 0.109. The van der Waals surface area contributed by atoms with Gasteiger partial charge in [0.2, 0.25) is 5.90 Å². The molecule has 5 aromatic carbocycles. The van der Waals surface area contributed by atoms with E-state index in [-0.39, 0.29) is 36.1 Å². The number of ether oxygens (including phenoxy) is 4. The molecule has 0 fully saturated rings. The minimum atomic E-state index is -3.83. The summed E-state index contributed by atoms with van der Waals surface area (Å²) in [7, 11) is -0.765. The van der Waals surface area contributed by atoms with Crippen molar-refractivity contribution < 1.29 is 37.3 Å². The van der Waals surface area contributed by atoms with E-state index in [0.29, 0.717) is 47.0 Å². The Labute approximate surface area is 310 Å². The van der Waals surface area contributed by atoms with Crippen molar-refractivity contribution in [3.05, 3.63) is 144 Å². The van der Waals surface area contributed by atoms with Gasteiger partial charge in [-0.1, -0.05) is 84.9 Å². The number of methoxy groups -OCH3 is 2. The highest BCUT2D eigenvalue weighted by Crippen LogP contribution is 2.44. The lowest BCUT2D eigenvalue weighted by atomic mass is 9.84. The molecular weight excluding hydrogens is 693 g/mol. The maximum atomic E-state index is 14.8. The summed E-state index contributed by atoms with van der Waals surface area (Å²) in [6.45, 7) is 0.424. The van der Waals surface area contributed by atoms with E-state index in [2.05, 4.69) is 5.32 Å². The summed E-state index contributed by atoms with van der Waals surface area (Å²) in [6.07, 6.45) is -0.670. The molecule has 1 amide bonds. The maximum Gasteiger partial charge on any atom is 0.252 e. The summed E-state index contributed by atoms with van der Waals surface area (Å²) < 4.78 is 50.9. The van der Waals surface area contributed by atoms with Crippen LogP contribution >= 0.6 is 0 Å². The first-order chi connectivity index (χ1) is 25.8. The minimum absolute atomic E-state index is 0.0190. The first-order valence-corrected chi connectivity index (χ1v) is 18.9. The van der Waals surface area contributed by atoms with E-state index in [4.69, 9.17) is 29.0 Å². The third-order valence-electron chi connectivity index (χ3n) is 9.13. The number of hydrogen-bond donors (Lipinski definition) is 2. The average molecular weight is 735 g/mol. The molecule has 5 aromatic rings. The molecule has 53 heavy (non-hydrogen) atoms. The molecule has 10 nitrogen and oxygen atoms in total. The van der Waals surface area contributed by atoms with Crippen LogP contribution in [-0.4, -0.2) is 64.1 Å². The van der Waals surface area contributed by atoms with Gasteiger partial charge in [-0.2, -0.15) is 0 Å². The number of sulfone groups is 1. The van der Waals surface area contributed by atoms with E-state index in [1.165, 1.54) is 14.2 Å². The molecule has 274 valence electrons. The minimum Gasteiger partial charge on any atom is -0.494 e. The number of nitrogens with one attached hydrogen (secondary N) is 1. The summed E-state index contributed by atoms with van der Waals surface area (Å²) in [5.41, 5.74) is 2.19. The zero-order chi connectivity index (χ0) is 37.3. The lowest BCUT2D eigenvalue weighted by Gasteiger charge is -2.31. The zero-order valence-corrected chi connectivity index (χ0v) is 30.4. The summed E-state index contributed by atoms with van der Waals surface area (Å²) in [6, 6.07) is 38.2. The van der Waals surface area contributed by atoms with Crippen LogP contribution in [-0.2, 0) is 25.9 Å². The summed E-state index contributed by atoms with van der Waals surface area (Å²) in [4.78, 5) is 20.0. The van der Waals surface area contributed by atoms with E-state index in [1.807, 2.05) is 60.7 Å². The molecule has 11 heteroatoms. The number of rotatable bonds is 16. The van der Waals surface area contributed by atoms with Gasteiger partial charge in [-0.15, -0.1) is 0 Å². The number of nitrogens with zero attached hydrogens (tertiary/aromatic N) is 1. The van der Waals surface area contributed by atoms with Crippen molar-refractivity contribution in [1.82, 2.24) is 5.32 Å². The number of benzene rings is 5. The number of aliphatic hydroxyl groups is 1. The van der Waals surface area contributed by atoms with Crippen molar-refractivity contribution in [1.29, 1.82) is 0 Å². The Morgan fingerprint density at radius 2 is 1.47 bits per heavy atom. The van der Waals surface area contributed by atoms with Gasteiger partial charge in [0.25, 0.3) is 5.91 Å². The maximum absolute atomic E-state index is 14.8. The predicted molar refractivity (Wildman–Crippen MR) is 203 cm³/mol. The average Bonchev–Trinajstić information content (AvgIpc) is 3.61. The number of hydrogen-bond acceptors (Lipinski definition) is 9. The molecule has 0 unspecified atom stereocenters. The SMILES string of the molecule is COc1cccc(CNC(=O)[C@]2(CCS(=O)(=O)c3ccccc3)N=C(c3ccc(OCCCO)cc3)O[C@@H]2c2ccc(-c3ccccc3)cc2)c1OC. The van der Waals surface area contributed by atoms with Gasteiger partial charge in [0.05, 0.1) is 31.5 Å². The van der Waals surface area contributed by atoms with Crippen LogP contribution in [0, 0.1) is 0 Å². The molecule has 0 saturated heterocycles. The predicted octanol–water partition coefficient (Wildman–Crippen LogP) is 6.57. The second-order valence-electron chi connectivity index (χ2n) is 12.5. The molecule has 2 N–H and O–H groups in total. The van der Waals surface area contributed by atoms with E-state index >= 15 is 0 Å². The highest BCUT2D eigenvalue weighted by atomic mass is 32.2. The third-order valence-corrected chi connectivity index (χ3v) is 10.9. The van der Waals surface area contributed by atoms with Gasteiger partial charge >= 0.3 is 0 Å². The second-order valence-corrected chi connectivity index (χ2v) is 14.6. The van der Waals surface area contributed by atoms with Crippen LogP contribution in [0.4, 0.5) is 0 Å². The largest absolute Gasteiger partial charge is 0.494 e. The van der Waals surface area contributed by atoms with Gasteiger partial charge in [-0.3, -0.25) is 4.79 Å². The summed E-state index contributed by atoms with van der Waals surface area (Å²) >= 11 is 0. The van der Waals surface area contributed by atoms with Crippen LogP contribution in [0.3, 0.4) is 0 Å². The fourth-order valence-electron chi connectivity index (χ4n) is 6.31. The number of aliphatic hydroxyl groups excluding tert-OH is 1. The number of carbonyl (C=O) groups is 1. The Balaban J connectivity index is 1.42. The van der Waals surface area contributed by atoms with Crippen LogP contribution in [0.25, 0.3) is 11.1 Å². The number of aliphatic imine (C=N–C) groups is 1. The van der Waals surface area contributed by atoms with Crippen molar-refractivity contribution in [2.45, 2.75) is 35.9 Å². The summed E-state index contributed by atoms with van der Waals surface area (Å²) in [5, 5.41) is 12.2. The molecule has 2 atom stereocenters. The molecule has 1 aliphatic heterocycles. The van der Waals surface area contributed by atoms with Crippen LogP contribution in [0.5, 0.6) is 17.2 Å². The molecule has 1 heterocycles. The van der Waals surface area contributed by atoms with Gasteiger partial charge in [-0.25, -0.2) is 13.4 Å². The molecule has 0 bridgehead atoms. The van der Waals surface area contributed by atoms with Gasteiger partial charge < -0.3 is 29.4 Å². The van der Waals surface area contributed by atoms with Crippen molar-refractivity contribution in [3.63, 3.8) is 0 Å². The lowest BCUT2D eigenvalue weighted by Crippen LogP contribution is -2.49. The van der Waals surface area contributed by atoms with Gasteiger partial charge in [0, 0.05) is 37.1 Å². The van der Waals surface area contributed by atoms with E-state index in [1.54, 1.807) is 66.7 Å². The van der Waals surface area contributed by atoms with Crippen LogP contribution in [0.15, 0.2) is 137 Å². The first-order valence-electron chi connectivity index (χ1n) is 17.3. The molecule has 0 saturated carbocycles. The highest BCUT2D eigenvalue weighted by Gasteiger charge is 2.53. The van der Waals surface area contributed by atoms with E-state index < -0.39 is 27.4 Å². The monoisotopic (exact) mass is 734 g/mol. The van der Waals surface area contributed by atoms with Crippen LogP contribution in [0.2, 0.25) is 0 Å². The smallest absolute Gasteiger partial charge is 0.252 e. The standard InChI is InChI=1S/C42H42N2O8S/c1-49-37-16-9-13-34(38(37)50-2)29-43-41(46)42(25-28-53(47,48)36-14-7-4-8-15-36)39(32-19-17-31(18-20-32)30-11-5-3-6-12-30)52-40(44-42)33-21-23-35(24-22-33)51-27-10-26-45/h3-9,11-24,39,45H,10,25-29H2,1-2H3,(H,43,46)/t39-,42-/m1/s1.